The molecule has 0 bridgehead atoms. The zero-order valence-electron chi connectivity index (χ0n) is 16.0. The van der Waals surface area contributed by atoms with Gasteiger partial charge in [0.2, 0.25) is 0 Å². The Hall–Kier alpha value is -2.44. The van der Waals surface area contributed by atoms with E-state index < -0.39 is 5.60 Å². The number of likely N-dealkylation sites (N-methyl/N-ethyl adjacent to an activating group) is 1. The van der Waals surface area contributed by atoms with E-state index in [1.54, 1.807) is 14.2 Å². The van der Waals surface area contributed by atoms with Crippen LogP contribution in [-0.2, 0) is 9.53 Å². The van der Waals surface area contributed by atoms with Gasteiger partial charge in [-0.25, -0.2) is 0 Å². The highest BCUT2D eigenvalue weighted by molar-refractivity contribution is 5.84. The fourth-order valence-corrected chi connectivity index (χ4v) is 1.99. The Kier molecular flexibility index (Phi) is 8.04. The number of carbonyl (C=O) groups is 1. The van der Waals surface area contributed by atoms with E-state index in [0.29, 0.717) is 19.1 Å². The van der Waals surface area contributed by atoms with Gasteiger partial charge in [-0.2, -0.15) is 0 Å². The highest BCUT2D eigenvalue weighted by atomic mass is 16.6. The number of benzene rings is 1. The highest BCUT2D eigenvalue weighted by Gasteiger charge is 2.17. The van der Waals surface area contributed by atoms with Crippen LogP contribution >= 0.6 is 0 Å². The van der Waals surface area contributed by atoms with Crippen molar-refractivity contribution < 1.29 is 19.0 Å². The van der Waals surface area contributed by atoms with Crippen LogP contribution in [0.3, 0.4) is 0 Å². The van der Waals surface area contributed by atoms with Crippen molar-refractivity contribution >= 4 is 11.9 Å². The molecular formula is C18H29N3O4. The van der Waals surface area contributed by atoms with Gasteiger partial charge >= 0.3 is 5.97 Å². The lowest BCUT2D eigenvalue weighted by molar-refractivity contribution is -0.153. The van der Waals surface area contributed by atoms with Gasteiger partial charge in [0.15, 0.2) is 5.96 Å². The summed E-state index contributed by atoms with van der Waals surface area (Å²) in [7, 11) is 5.17. The number of hydrogen-bond acceptors (Lipinski definition) is 5. The van der Waals surface area contributed by atoms with Crippen molar-refractivity contribution in [1.82, 2.24) is 10.2 Å². The normalized spacial score (nSPS) is 11.7. The molecule has 1 rings (SSSR count). The predicted octanol–water partition coefficient (Wildman–Crippen LogP) is 1.92. The Balaban J connectivity index is 2.37. The van der Waals surface area contributed by atoms with Crippen molar-refractivity contribution in [3.8, 4) is 11.5 Å². The molecular weight excluding hydrogens is 322 g/mol. The lowest BCUT2D eigenvalue weighted by Crippen LogP contribution is -2.44. The molecule has 0 radical (unpaired) electrons. The molecule has 1 aromatic carbocycles. The number of methoxy groups -OCH3 is 1. The summed E-state index contributed by atoms with van der Waals surface area (Å²) in [4.78, 5) is 17.8. The SMILES string of the molecule is CN=C(NCC(=O)OC(C)(C)C)N(C)CCOc1ccc(OC)cc1. The van der Waals surface area contributed by atoms with Crippen LogP contribution in [0.1, 0.15) is 20.8 Å². The highest BCUT2D eigenvalue weighted by Crippen LogP contribution is 2.16. The van der Waals surface area contributed by atoms with E-state index in [4.69, 9.17) is 14.2 Å². The lowest BCUT2D eigenvalue weighted by atomic mass is 10.2. The maximum Gasteiger partial charge on any atom is 0.325 e. The van der Waals surface area contributed by atoms with Crippen molar-refractivity contribution in [2.24, 2.45) is 4.99 Å². The largest absolute Gasteiger partial charge is 0.497 e. The molecule has 0 aromatic heterocycles. The second kappa shape index (κ2) is 9.76. The minimum Gasteiger partial charge on any atom is -0.497 e. The van der Waals surface area contributed by atoms with Crippen LogP contribution < -0.4 is 14.8 Å². The van der Waals surface area contributed by atoms with Gasteiger partial charge in [0.25, 0.3) is 0 Å². The molecule has 7 nitrogen and oxygen atoms in total. The number of guanidine groups is 1. The molecule has 140 valence electrons. The summed E-state index contributed by atoms with van der Waals surface area (Å²) >= 11 is 0. The first-order chi connectivity index (χ1) is 11.7. The zero-order chi connectivity index (χ0) is 18.9. The smallest absolute Gasteiger partial charge is 0.325 e. The van der Waals surface area contributed by atoms with Crippen LogP contribution in [-0.4, -0.2) is 63.3 Å². The number of carbonyl (C=O) groups excluding carboxylic acids is 1. The Bertz CT molecular complexity index is 565. The average molecular weight is 351 g/mol. The van der Waals surface area contributed by atoms with Gasteiger partial charge in [0.1, 0.15) is 30.3 Å². The molecule has 0 aliphatic carbocycles. The van der Waals surface area contributed by atoms with E-state index in [2.05, 4.69) is 10.3 Å². The zero-order valence-corrected chi connectivity index (χ0v) is 16.0. The van der Waals surface area contributed by atoms with E-state index in [1.165, 1.54) is 0 Å². The van der Waals surface area contributed by atoms with E-state index in [1.807, 2.05) is 57.0 Å². The van der Waals surface area contributed by atoms with Gasteiger partial charge in [0, 0.05) is 14.1 Å². The molecule has 0 saturated carbocycles. The number of nitrogens with one attached hydrogen (secondary N) is 1. The summed E-state index contributed by atoms with van der Waals surface area (Å²) in [5.74, 6) is 1.84. The van der Waals surface area contributed by atoms with Crippen LogP contribution in [0.5, 0.6) is 11.5 Å². The molecule has 7 heteroatoms. The van der Waals surface area contributed by atoms with Crippen LogP contribution in [0.15, 0.2) is 29.3 Å². The van der Waals surface area contributed by atoms with E-state index in [-0.39, 0.29) is 12.5 Å². The molecule has 0 spiro atoms. The maximum atomic E-state index is 11.8. The van der Waals surface area contributed by atoms with Crippen molar-refractivity contribution in [3.05, 3.63) is 24.3 Å². The summed E-state index contributed by atoms with van der Waals surface area (Å²) in [6.45, 7) is 6.66. The van der Waals surface area contributed by atoms with Gasteiger partial charge in [-0.1, -0.05) is 0 Å². The second-order valence-electron chi connectivity index (χ2n) is 6.43. The Morgan fingerprint density at radius 1 is 1.20 bits per heavy atom. The van der Waals surface area contributed by atoms with E-state index in [0.717, 1.165) is 11.5 Å². The number of rotatable bonds is 7. The number of aliphatic imine (C=N–C) groups is 1. The molecule has 1 N–H and O–H groups in total. The predicted molar refractivity (Wildman–Crippen MR) is 98.3 cm³/mol. The summed E-state index contributed by atoms with van der Waals surface area (Å²) in [6.07, 6.45) is 0. The maximum absolute atomic E-state index is 11.8. The minimum absolute atomic E-state index is 0.0631. The first-order valence-electron chi connectivity index (χ1n) is 8.15. The molecule has 0 aliphatic heterocycles. The third kappa shape index (κ3) is 8.28. The fourth-order valence-electron chi connectivity index (χ4n) is 1.99. The molecule has 0 amide bonds. The average Bonchev–Trinajstić information content (AvgIpc) is 2.54. The summed E-state index contributed by atoms with van der Waals surface area (Å²) in [6, 6.07) is 7.41. The molecule has 0 unspecified atom stereocenters. The molecule has 0 saturated heterocycles. The van der Waals surface area contributed by atoms with Crippen molar-refractivity contribution in [2.45, 2.75) is 26.4 Å². The minimum atomic E-state index is -0.500. The van der Waals surface area contributed by atoms with Crippen molar-refractivity contribution in [3.63, 3.8) is 0 Å². The van der Waals surface area contributed by atoms with E-state index >= 15 is 0 Å². The number of nitrogens with zero attached hydrogens (tertiary/aromatic N) is 2. The third-order valence-electron chi connectivity index (χ3n) is 3.14. The van der Waals surface area contributed by atoms with Gasteiger partial charge in [0.05, 0.1) is 13.7 Å². The Morgan fingerprint density at radius 2 is 1.80 bits per heavy atom. The van der Waals surface area contributed by atoms with Crippen LogP contribution in [0.25, 0.3) is 0 Å². The first-order valence-corrected chi connectivity index (χ1v) is 8.15. The molecule has 25 heavy (non-hydrogen) atoms. The molecule has 0 atom stereocenters. The van der Waals surface area contributed by atoms with Crippen molar-refractivity contribution in [2.75, 3.05) is 40.9 Å². The van der Waals surface area contributed by atoms with Gasteiger partial charge in [-0.3, -0.25) is 9.79 Å². The van der Waals surface area contributed by atoms with Gasteiger partial charge < -0.3 is 24.4 Å². The molecule has 0 aliphatic rings. The topological polar surface area (TPSA) is 72.4 Å². The number of ether oxygens (including phenoxy) is 3. The van der Waals surface area contributed by atoms with Gasteiger partial charge in [-0.05, 0) is 45.0 Å². The summed E-state index contributed by atoms with van der Waals surface area (Å²) < 4.78 is 16.1. The lowest BCUT2D eigenvalue weighted by Gasteiger charge is -2.23. The van der Waals surface area contributed by atoms with Gasteiger partial charge in [-0.15, -0.1) is 0 Å². The first kappa shape index (κ1) is 20.6. The molecule has 0 fully saturated rings. The van der Waals surface area contributed by atoms with Crippen molar-refractivity contribution in [1.29, 1.82) is 0 Å². The number of esters is 1. The number of hydrogen-bond donors (Lipinski definition) is 1. The van der Waals surface area contributed by atoms with E-state index in [9.17, 15) is 4.79 Å². The summed E-state index contributed by atoms with van der Waals surface area (Å²) in [5, 5.41) is 2.98. The molecule has 0 heterocycles. The monoisotopic (exact) mass is 351 g/mol. The molecule has 1 aromatic rings. The summed E-state index contributed by atoms with van der Waals surface area (Å²) in [5.41, 5.74) is -0.500. The Labute approximate surface area is 150 Å². The standard InChI is InChI=1S/C18H29N3O4/c1-18(2,3)25-16(22)13-20-17(19-4)21(5)11-12-24-15-9-7-14(23-6)8-10-15/h7-10H,11-13H2,1-6H3,(H,19,20). The second-order valence-corrected chi connectivity index (χ2v) is 6.43. The quantitative estimate of drug-likeness (QED) is 0.460. The fraction of sp³-hybridized carbons (Fsp3) is 0.556. The Morgan fingerprint density at radius 3 is 2.32 bits per heavy atom. The van der Waals surface area contributed by atoms with Crippen LogP contribution in [0.4, 0.5) is 0 Å². The van der Waals surface area contributed by atoms with Crippen LogP contribution in [0.2, 0.25) is 0 Å². The van der Waals surface area contributed by atoms with Crippen LogP contribution in [0, 0.1) is 0 Å². The third-order valence-corrected chi connectivity index (χ3v) is 3.14.